The second-order valence-electron chi connectivity index (χ2n) is 5.27. The summed E-state index contributed by atoms with van der Waals surface area (Å²) in [7, 11) is -2.89. The molecule has 0 aliphatic carbocycles. The highest BCUT2D eigenvalue weighted by Gasteiger charge is 2.34. The van der Waals surface area contributed by atoms with Crippen molar-refractivity contribution in [2.75, 3.05) is 18.1 Å². The van der Waals surface area contributed by atoms with Gasteiger partial charge in [0.1, 0.15) is 0 Å². The predicted octanol–water partition coefficient (Wildman–Crippen LogP) is 3.47. The maximum atomic E-state index is 11.7. The van der Waals surface area contributed by atoms with Gasteiger partial charge < -0.3 is 5.32 Å². The minimum absolute atomic E-state index is 0.0157. The van der Waals surface area contributed by atoms with Crippen LogP contribution in [0.3, 0.4) is 0 Å². The van der Waals surface area contributed by atoms with Crippen molar-refractivity contribution in [3.63, 3.8) is 0 Å². The highest BCUT2D eigenvalue weighted by atomic mass is 35.5. The van der Waals surface area contributed by atoms with Crippen LogP contribution < -0.4 is 5.32 Å². The molecule has 1 aliphatic heterocycles. The first-order valence-corrected chi connectivity index (χ1v) is 9.39. The van der Waals surface area contributed by atoms with Gasteiger partial charge in [0.2, 0.25) is 0 Å². The van der Waals surface area contributed by atoms with Crippen LogP contribution in [-0.2, 0) is 9.84 Å². The van der Waals surface area contributed by atoms with E-state index in [9.17, 15) is 8.42 Å². The third-order valence-corrected chi connectivity index (χ3v) is 6.19. The SMILES string of the molecule is CCCNC(c1ccc(Cl)c(Cl)c1)C1CCS(=O)(=O)C1. The normalized spacial score (nSPS) is 22.9. The van der Waals surface area contributed by atoms with Gasteiger partial charge in [-0.2, -0.15) is 0 Å². The Bertz CT molecular complexity index is 575. The number of benzene rings is 1. The van der Waals surface area contributed by atoms with Gasteiger partial charge in [0.15, 0.2) is 9.84 Å². The van der Waals surface area contributed by atoms with E-state index in [4.69, 9.17) is 23.2 Å². The van der Waals surface area contributed by atoms with Gasteiger partial charge in [-0.3, -0.25) is 0 Å². The standard InChI is InChI=1S/C14H19Cl2NO2S/c1-2-6-17-14(11-5-7-20(18,19)9-11)10-3-4-12(15)13(16)8-10/h3-4,8,11,14,17H,2,5-7,9H2,1H3. The molecule has 0 saturated carbocycles. The largest absolute Gasteiger partial charge is 0.310 e. The van der Waals surface area contributed by atoms with Crippen LogP contribution in [0.25, 0.3) is 0 Å². The Morgan fingerprint density at radius 2 is 2.10 bits per heavy atom. The van der Waals surface area contributed by atoms with Crippen LogP contribution in [0.1, 0.15) is 31.4 Å². The molecule has 0 aromatic heterocycles. The van der Waals surface area contributed by atoms with Gasteiger partial charge in [0.05, 0.1) is 21.6 Å². The molecular weight excluding hydrogens is 317 g/mol. The summed E-state index contributed by atoms with van der Waals surface area (Å²) in [6, 6.07) is 5.54. The number of nitrogens with one attached hydrogen (secondary N) is 1. The molecule has 1 aromatic carbocycles. The Labute approximate surface area is 130 Å². The summed E-state index contributed by atoms with van der Waals surface area (Å²) in [5, 5.41) is 4.47. The molecule has 20 heavy (non-hydrogen) atoms. The van der Waals surface area contributed by atoms with Crippen LogP contribution in [0.4, 0.5) is 0 Å². The monoisotopic (exact) mass is 335 g/mol. The van der Waals surface area contributed by atoms with Crippen LogP contribution >= 0.6 is 23.2 Å². The lowest BCUT2D eigenvalue weighted by molar-refractivity contribution is 0.393. The fraction of sp³-hybridized carbons (Fsp3) is 0.571. The Morgan fingerprint density at radius 3 is 2.65 bits per heavy atom. The Kier molecular flexibility index (Phi) is 5.35. The van der Waals surface area contributed by atoms with Crippen molar-refractivity contribution in [2.24, 2.45) is 5.92 Å². The highest BCUT2D eigenvalue weighted by Crippen LogP contribution is 2.34. The van der Waals surface area contributed by atoms with Crippen LogP contribution in [0.2, 0.25) is 10.0 Å². The Morgan fingerprint density at radius 1 is 1.35 bits per heavy atom. The first kappa shape index (κ1) is 16.1. The highest BCUT2D eigenvalue weighted by molar-refractivity contribution is 7.91. The number of hydrogen-bond acceptors (Lipinski definition) is 3. The van der Waals surface area contributed by atoms with Gasteiger partial charge in [-0.15, -0.1) is 0 Å². The van der Waals surface area contributed by atoms with Crippen LogP contribution in [0, 0.1) is 5.92 Å². The lowest BCUT2D eigenvalue weighted by Crippen LogP contribution is -2.29. The minimum atomic E-state index is -2.89. The summed E-state index contributed by atoms with van der Waals surface area (Å²) < 4.78 is 23.4. The van der Waals surface area contributed by atoms with Crippen molar-refractivity contribution < 1.29 is 8.42 Å². The quantitative estimate of drug-likeness (QED) is 0.896. The molecule has 1 aliphatic rings. The maximum Gasteiger partial charge on any atom is 0.150 e. The topological polar surface area (TPSA) is 46.2 Å². The molecule has 1 fully saturated rings. The Balaban J connectivity index is 2.25. The molecule has 0 spiro atoms. The lowest BCUT2D eigenvalue weighted by atomic mass is 9.92. The van der Waals surface area contributed by atoms with Crippen molar-refractivity contribution >= 4 is 33.0 Å². The van der Waals surface area contributed by atoms with E-state index in [1.165, 1.54) is 0 Å². The number of hydrogen-bond donors (Lipinski definition) is 1. The summed E-state index contributed by atoms with van der Waals surface area (Å²) in [4.78, 5) is 0. The van der Waals surface area contributed by atoms with E-state index in [0.29, 0.717) is 16.5 Å². The lowest BCUT2D eigenvalue weighted by Gasteiger charge is -2.24. The van der Waals surface area contributed by atoms with E-state index in [2.05, 4.69) is 12.2 Å². The fourth-order valence-corrected chi connectivity index (χ4v) is 4.80. The van der Waals surface area contributed by atoms with Crippen molar-refractivity contribution in [3.8, 4) is 0 Å². The van der Waals surface area contributed by atoms with Crippen molar-refractivity contribution in [1.29, 1.82) is 0 Å². The van der Waals surface area contributed by atoms with Gasteiger partial charge in [0.25, 0.3) is 0 Å². The second-order valence-corrected chi connectivity index (χ2v) is 8.31. The average molecular weight is 336 g/mol. The molecule has 2 atom stereocenters. The van der Waals surface area contributed by atoms with E-state index >= 15 is 0 Å². The maximum absolute atomic E-state index is 11.7. The van der Waals surface area contributed by atoms with Crippen molar-refractivity contribution in [3.05, 3.63) is 33.8 Å². The fourth-order valence-electron chi connectivity index (χ4n) is 2.65. The second kappa shape index (κ2) is 6.65. The van der Waals surface area contributed by atoms with E-state index in [0.717, 1.165) is 18.5 Å². The van der Waals surface area contributed by atoms with Crippen molar-refractivity contribution in [1.82, 2.24) is 5.32 Å². The molecule has 1 saturated heterocycles. The summed E-state index contributed by atoms with van der Waals surface area (Å²) in [5.74, 6) is 0.626. The Hall–Kier alpha value is -0.290. The zero-order valence-electron chi connectivity index (χ0n) is 11.4. The van der Waals surface area contributed by atoms with E-state index in [1.807, 2.05) is 12.1 Å². The van der Waals surface area contributed by atoms with Gasteiger partial charge in [-0.05, 0) is 43.0 Å². The van der Waals surface area contributed by atoms with Crippen molar-refractivity contribution in [2.45, 2.75) is 25.8 Å². The van der Waals surface area contributed by atoms with E-state index < -0.39 is 9.84 Å². The van der Waals surface area contributed by atoms with Gasteiger partial charge in [-0.25, -0.2) is 8.42 Å². The van der Waals surface area contributed by atoms with Crippen LogP contribution in [-0.4, -0.2) is 26.5 Å². The molecule has 6 heteroatoms. The first-order chi connectivity index (χ1) is 9.43. The summed E-state index contributed by atoms with van der Waals surface area (Å²) in [6.45, 7) is 2.94. The zero-order valence-corrected chi connectivity index (χ0v) is 13.7. The molecule has 112 valence electrons. The molecule has 1 heterocycles. The molecule has 1 N–H and O–H groups in total. The molecule has 3 nitrogen and oxygen atoms in total. The number of sulfone groups is 1. The summed E-state index contributed by atoms with van der Waals surface area (Å²) in [6.07, 6.45) is 1.70. The molecule has 0 amide bonds. The van der Waals surface area contributed by atoms with Gasteiger partial charge in [-0.1, -0.05) is 36.2 Å². The third kappa shape index (κ3) is 3.88. The predicted molar refractivity (Wildman–Crippen MR) is 84.3 cm³/mol. The minimum Gasteiger partial charge on any atom is -0.310 e. The van der Waals surface area contributed by atoms with Crippen LogP contribution in [0.5, 0.6) is 0 Å². The smallest absolute Gasteiger partial charge is 0.150 e. The molecule has 2 rings (SSSR count). The summed E-state index contributed by atoms with van der Waals surface area (Å²) >= 11 is 12.0. The first-order valence-electron chi connectivity index (χ1n) is 6.81. The van der Waals surface area contributed by atoms with Gasteiger partial charge in [0, 0.05) is 6.04 Å². The molecule has 0 radical (unpaired) electrons. The molecule has 2 unspecified atom stereocenters. The zero-order chi connectivity index (χ0) is 14.8. The average Bonchev–Trinajstić information content (AvgIpc) is 2.74. The molecule has 1 aromatic rings. The van der Waals surface area contributed by atoms with E-state index in [-0.39, 0.29) is 23.5 Å². The van der Waals surface area contributed by atoms with Crippen LogP contribution in [0.15, 0.2) is 18.2 Å². The summed E-state index contributed by atoms with van der Waals surface area (Å²) in [5.41, 5.74) is 1.01. The van der Waals surface area contributed by atoms with E-state index in [1.54, 1.807) is 6.07 Å². The number of rotatable bonds is 5. The molecular formula is C14H19Cl2NO2S. The molecule has 0 bridgehead atoms. The van der Waals surface area contributed by atoms with Gasteiger partial charge >= 0.3 is 0 Å². The third-order valence-electron chi connectivity index (χ3n) is 3.66. The number of halogens is 2.